The summed E-state index contributed by atoms with van der Waals surface area (Å²) in [5.74, 6) is -2.15. The topological polar surface area (TPSA) is 237 Å². The van der Waals surface area contributed by atoms with Crippen molar-refractivity contribution in [1.29, 1.82) is 0 Å². The quantitative estimate of drug-likeness (QED) is 0.0222. The molecule has 474 valence electrons. The number of hydrogen-bond acceptors (Lipinski definition) is 15. The van der Waals surface area contributed by atoms with E-state index in [4.69, 9.17) is 37.0 Å². The van der Waals surface area contributed by atoms with Crippen molar-refractivity contribution in [2.75, 3.05) is 39.6 Å². The first kappa shape index (κ1) is 78.1. The van der Waals surface area contributed by atoms with Gasteiger partial charge in [-0.1, -0.05) is 259 Å². The highest BCUT2D eigenvalue weighted by molar-refractivity contribution is 7.47. The van der Waals surface area contributed by atoms with Crippen LogP contribution in [0.5, 0.6) is 0 Å². The van der Waals surface area contributed by atoms with Crippen molar-refractivity contribution < 1.29 is 80.2 Å². The minimum absolute atomic E-state index is 0.105. The number of phosphoric acid groups is 2. The van der Waals surface area contributed by atoms with Crippen LogP contribution >= 0.6 is 15.6 Å². The number of carbonyl (C=O) groups excluding carboxylic acids is 4. The van der Waals surface area contributed by atoms with Crippen LogP contribution < -0.4 is 0 Å². The number of ether oxygens (including phenoxy) is 4. The van der Waals surface area contributed by atoms with Gasteiger partial charge in [-0.05, 0) is 25.7 Å². The van der Waals surface area contributed by atoms with Crippen molar-refractivity contribution >= 4 is 39.5 Å². The predicted octanol–water partition coefficient (Wildman–Crippen LogP) is 16.8. The van der Waals surface area contributed by atoms with E-state index in [-0.39, 0.29) is 25.7 Å². The summed E-state index contributed by atoms with van der Waals surface area (Å²) in [5, 5.41) is 10.5. The fourth-order valence-electron chi connectivity index (χ4n) is 9.10. The highest BCUT2D eigenvalue weighted by Crippen LogP contribution is 2.45. The highest BCUT2D eigenvalue weighted by Gasteiger charge is 2.30. The molecule has 0 saturated heterocycles. The molecule has 0 bridgehead atoms. The third kappa shape index (κ3) is 55.3. The van der Waals surface area contributed by atoms with E-state index in [2.05, 4.69) is 27.7 Å². The molecule has 5 atom stereocenters. The monoisotopic (exact) mass is 1180 g/mol. The van der Waals surface area contributed by atoms with Crippen molar-refractivity contribution in [2.45, 2.75) is 329 Å². The molecule has 19 heteroatoms. The lowest BCUT2D eigenvalue weighted by Gasteiger charge is -2.21. The molecule has 0 aliphatic rings. The summed E-state index contributed by atoms with van der Waals surface area (Å²) in [6.45, 7) is 4.78. The average molecular weight is 1190 g/mol. The van der Waals surface area contributed by atoms with E-state index in [0.29, 0.717) is 25.7 Å². The maximum Gasteiger partial charge on any atom is 0.472 e. The lowest BCUT2D eigenvalue weighted by atomic mass is 10.0. The second-order valence-electron chi connectivity index (χ2n) is 22.1. The van der Waals surface area contributed by atoms with Crippen LogP contribution in [-0.2, 0) is 65.4 Å². The number of rotatable bonds is 62. The van der Waals surface area contributed by atoms with E-state index in [1.54, 1.807) is 0 Å². The van der Waals surface area contributed by atoms with Crippen LogP contribution in [0.3, 0.4) is 0 Å². The Morgan fingerprint density at radius 1 is 0.300 bits per heavy atom. The third-order valence-electron chi connectivity index (χ3n) is 14.1. The minimum atomic E-state index is -4.94. The maximum atomic E-state index is 12.9. The van der Waals surface area contributed by atoms with Crippen LogP contribution in [0.25, 0.3) is 0 Å². The molecule has 0 radical (unpaired) electrons. The normalized spacial score (nSPS) is 14.2. The van der Waals surface area contributed by atoms with Gasteiger partial charge in [0.2, 0.25) is 0 Å². The van der Waals surface area contributed by atoms with E-state index in [0.717, 1.165) is 96.3 Å². The summed E-state index contributed by atoms with van der Waals surface area (Å²) in [6.07, 6.45) is 40.6. The van der Waals surface area contributed by atoms with Gasteiger partial charge in [0.05, 0.1) is 26.4 Å². The molecule has 0 aliphatic carbocycles. The summed E-state index contributed by atoms with van der Waals surface area (Å²) in [5.41, 5.74) is 0. The molecular weight excluding hydrogens is 1070 g/mol. The van der Waals surface area contributed by atoms with Gasteiger partial charge in [-0.25, -0.2) is 9.13 Å². The van der Waals surface area contributed by atoms with E-state index in [1.807, 2.05) is 0 Å². The number of hydrogen-bond donors (Lipinski definition) is 3. The molecular formula is C61H118O17P2. The molecule has 3 N–H and O–H groups in total. The van der Waals surface area contributed by atoms with Crippen LogP contribution in [0.15, 0.2) is 0 Å². The molecule has 0 aliphatic heterocycles. The smallest absolute Gasteiger partial charge is 0.462 e. The zero-order valence-electron chi connectivity index (χ0n) is 51.0. The summed E-state index contributed by atoms with van der Waals surface area (Å²) in [4.78, 5) is 71.8. The molecule has 0 fully saturated rings. The van der Waals surface area contributed by atoms with Crippen molar-refractivity contribution in [3.63, 3.8) is 0 Å². The standard InChI is InChI=1S/C61H118O17P2/c1-5-9-13-17-20-23-25-27-29-32-34-38-42-46-59(64)72-52-57(78-61(66)48-44-40-36-33-30-28-26-24-21-18-14-10-6-2)54-76-80(69,70)74-50-55(62)49-73-79(67,68)75-53-56(51-71-58(63)45-41-37-16-12-8-4)77-60(65)47-43-39-35-31-22-19-15-11-7-3/h55-57,62H,5-54H2,1-4H3,(H,67,68)(H,69,70)/t55-,56+,57+/m0/s1. The molecule has 0 aromatic carbocycles. The lowest BCUT2D eigenvalue weighted by molar-refractivity contribution is -0.161. The molecule has 0 rings (SSSR count). The van der Waals surface area contributed by atoms with Gasteiger partial charge in [-0.15, -0.1) is 0 Å². The Kier molecular flexibility index (Phi) is 54.8. The molecule has 0 aromatic heterocycles. The molecule has 17 nitrogen and oxygen atoms in total. The van der Waals surface area contributed by atoms with Crippen LogP contribution in [-0.4, -0.2) is 96.7 Å². The van der Waals surface area contributed by atoms with E-state index in [9.17, 15) is 43.2 Å². The first-order valence-corrected chi connectivity index (χ1v) is 35.3. The van der Waals surface area contributed by atoms with Crippen molar-refractivity contribution in [2.24, 2.45) is 0 Å². The van der Waals surface area contributed by atoms with Gasteiger partial charge in [0.1, 0.15) is 19.3 Å². The van der Waals surface area contributed by atoms with Gasteiger partial charge in [-0.3, -0.25) is 37.3 Å². The summed E-state index contributed by atoms with van der Waals surface area (Å²) < 4.78 is 67.7. The molecule has 0 spiro atoms. The number of phosphoric ester groups is 2. The molecule has 0 saturated carbocycles. The number of aliphatic hydroxyl groups excluding tert-OH is 1. The van der Waals surface area contributed by atoms with E-state index >= 15 is 0 Å². The Bertz CT molecular complexity index is 1550. The van der Waals surface area contributed by atoms with Crippen LogP contribution in [0.2, 0.25) is 0 Å². The molecule has 2 unspecified atom stereocenters. The molecule has 0 heterocycles. The second kappa shape index (κ2) is 56.2. The van der Waals surface area contributed by atoms with Gasteiger partial charge < -0.3 is 33.8 Å². The summed E-state index contributed by atoms with van der Waals surface area (Å²) in [7, 11) is -9.87. The molecule has 0 aromatic rings. The molecule has 0 amide bonds. The summed E-state index contributed by atoms with van der Waals surface area (Å²) in [6, 6.07) is 0. The fourth-order valence-corrected chi connectivity index (χ4v) is 10.7. The first-order chi connectivity index (χ1) is 38.7. The third-order valence-corrected chi connectivity index (χ3v) is 16.0. The van der Waals surface area contributed by atoms with Gasteiger partial charge in [-0.2, -0.15) is 0 Å². The highest BCUT2D eigenvalue weighted by atomic mass is 31.2. The zero-order valence-corrected chi connectivity index (χ0v) is 52.8. The zero-order chi connectivity index (χ0) is 59.1. The summed E-state index contributed by atoms with van der Waals surface area (Å²) >= 11 is 0. The Hall–Kier alpha value is -1.94. The van der Waals surface area contributed by atoms with Crippen molar-refractivity contribution in [3.05, 3.63) is 0 Å². The van der Waals surface area contributed by atoms with E-state index < -0.39 is 97.5 Å². The second-order valence-corrected chi connectivity index (χ2v) is 25.0. The fraction of sp³-hybridized carbons (Fsp3) is 0.934. The van der Waals surface area contributed by atoms with Crippen molar-refractivity contribution in [1.82, 2.24) is 0 Å². The number of carbonyl (C=O) groups is 4. The number of esters is 4. The van der Waals surface area contributed by atoms with Crippen LogP contribution in [0.1, 0.15) is 310 Å². The van der Waals surface area contributed by atoms with Crippen LogP contribution in [0.4, 0.5) is 0 Å². The Morgan fingerprint density at radius 3 is 0.738 bits per heavy atom. The van der Waals surface area contributed by atoms with Gasteiger partial charge in [0.25, 0.3) is 0 Å². The van der Waals surface area contributed by atoms with Crippen LogP contribution in [0, 0.1) is 0 Å². The Morgan fingerprint density at radius 2 is 0.500 bits per heavy atom. The Balaban J connectivity index is 5.17. The first-order valence-electron chi connectivity index (χ1n) is 32.3. The number of aliphatic hydroxyl groups is 1. The van der Waals surface area contributed by atoms with Gasteiger partial charge in [0.15, 0.2) is 12.2 Å². The van der Waals surface area contributed by atoms with Gasteiger partial charge >= 0.3 is 39.5 Å². The lowest BCUT2D eigenvalue weighted by Crippen LogP contribution is -2.30. The average Bonchev–Trinajstić information content (AvgIpc) is 3.43. The SMILES string of the molecule is CCCCCCCCCCCCCCCC(=O)OC[C@H](COP(=O)(O)OC[C@@H](O)COP(=O)(O)OC[C@@H](COC(=O)CCCCCCC)OC(=O)CCCCCCCCCCC)OC(=O)CCCCCCCCCCCCCCC. The van der Waals surface area contributed by atoms with Gasteiger partial charge in [0, 0.05) is 25.7 Å². The Labute approximate surface area is 486 Å². The largest absolute Gasteiger partial charge is 0.472 e. The van der Waals surface area contributed by atoms with E-state index in [1.165, 1.54) is 135 Å². The maximum absolute atomic E-state index is 12.9. The minimum Gasteiger partial charge on any atom is -0.462 e. The molecule has 80 heavy (non-hydrogen) atoms. The predicted molar refractivity (Wildman–Crippen MR) is 317 cm³/mol. The number of unbranched alkanes of at least 4 members (excludes halogenated alkanes) is 36. The van der Waals surface area contributed by atoms with Crippen molar-refractivity contribution in [3.8, 4) is 0 Å².